The van der Waals surface area contributed by atoms with E-state index in [1.54, 1.807) is 4.68 Å². The summed E-state index contributed by atoms with van der Waals surface area (Å²) < 4.78 is 7.25. The monoisotopic (exact) mass is 436 g/mol. The summed E-state index contributed by atoms with van der Waals surface area (Å²) in [6.45, 7) is 4.68. The molecule has 5 rings (SSSR count). The number of pyridine rings is 1. The van der Waals surface area contributed by atoms with Gasteiger partial charge in [-0.1, -0.05) is 48.0 Å². The smallest absolute Gasteiger partial charge is 0.246 e. The third-order valence-corrected chi connectivity index (χ3v) is 5.55. The van der Waals surface area contributed by atoms with Gasteiger partial charge in [-0.2, -0.15) is 5.10 Å². The maximum Gasteiger partial charge on any atom is 0.246 e. The van der Waals surface area contributed by atoms with Crippen LogP contribution in [0.1, 0.15) is 12.5 Å². The van der Waals surface area contributed by atoms with Crippen LogP contribution in [-0.4, -0.2) is 27.3 Å². The predicted octanol–water partition coefficient (Wildman–Crippen LogP) is 5.60. The Hall–Kier alpha value is -4.19. The highest BCUT2D eigenvalue weighted by Gasteiger charge is 2.17. The Morgan fingerprint density at radius 3 is 2.48 bits per heavy atom. The zero-order valence-electron chi connectivity index (χ0n) is 18.6. The van der Waals surface area contributed by atoms with Gasteiger partial charge in [-0.3, -0.25) is 14.5 Å². The molecule has 0 radical (unpaired) electrons. The lowest BCUT2D eigenvalue weighted by Gasteiger charge is -2.08. The quantitative estimate of drug-likeness (QED) is 0.376. The Labute approximate surface area is 191 Å². The minimum Gasteiger partial charge on any atom is -0.494 e. The standard InChI is InChI=1S/C27H24N4O2/c1-3-33-21-14-12-20(13-15-21)29-25(32)17-31-27-22-6-4-5-7-24(22)28-16-23(27)26(30-31)19-10-8-18(2)9-11-19/h4-16H,3,17H2,1-2H3,(H,29,32). The molecule has 0 saturated heterocycles. The number of ether oxygens (including phenoxy) is 1. The van der Waals surface area contributed by atoms with E-state index in [0.29, 0.717) is 12.3 Å². The molecule has 0 aliphatic rings. The van der Waals surface area contributed by atoms with Crippen LogP contribution >= 0.6 is 0 Å². The van der Waals surface area contributed by atoms with Gasteiger partial charge in [0.2, 0.25) is 5.91 Å². The summed E-state index contributed by atoms with van der Waals surface area (Å²) in [5, 5.41) is 9.70. The average molecular weight is 437 g/mol. The number of para-hydroxylation sites is 1. The molecule has 0 unspecified atom stereocenters. The van der Waals surface area contributed by atoms with Crippen LogP contribution < -0.4 is 10.1 Å². The molecule has 6 nitrogen and oxygen atoms in total. The third-order valence-electron chi connectivity index (χ3n) is 5.55. The summed E-state index contributed by atoms with van der Waals surface area (Å²) in [7, 11) is 0. The van der Waals surface area contributed by atoms with E-state index in [1.165, 1.54) is 5.56 Å². The van der Waals surface area contributed by atoms with E-state index >= 15 is 0 Å². The first-order valence-corrected chi connectivity index (χ1v) is 11.0. The Morgan fingerprint density at radius 1 is 0.970 bits per heavy atom. The molecule has 0 aliphatic carbocycles. The number of hydrogen-bond acceptors (Lipinski definition) is 4. The van der Waals surface area contributed by atoms with Crippen molar-refractivity contribution in [2.75, 3.05) is 11.9 Å². The van der Waals surface area contributed by atoms with Crippen LogP contribution in [0.25, 0.3) is 33.1 Å². The molecule has 2 aromatic heterocycles. The first kappa shape index (κ1) is 20.7. The number of aromatic nitrogens is 3. The van der Waals surface area contributed by atoms with Gasteiger partial charge in [-0.05, 0) is 44.2 Å². The largest absolute Gasteiger partial charge is 0.494 e. The van der Waals surface area contributed by atoms with E-state index in [9.17, 15) is 4.79 Å². The van der Waals surface area contributed by atoms with Crippen molar-refractivity contribution in [1.29, 1.82) is 0 Å². The molecular formula is C27H24N4O2. The molecule has 164 valence electrons. The van der Waals surface area contributed by atoms with Crippen molar-refractivity contribution >= 4 is 33.4 Å². The number of hydrogen-bond donors (Lipinski definition) is 1. The van der Waals surface area contributed by atoms with Crippen molar-refractivity contribution in [2.24, 2.45) is 0 Å². The molecule has 0 atom stereocenters. The van der Waals surface area contributed by atoms with E-state index < -0.39 is 0 Å². The van der Waals surface area contributed by atoms with Gasteiger partial charge in [0.25, 0.3) is 0 Å². The van der Waals surface area contributed by atoms with Crippen molar-refractivity contribution in [3.05, 3.63) is 84.6 Å². The Kier molecular flexibility index (Phi) is 5.48. The molecule has 6 heteroatoms. The number of carbonyl (C=O) groups excluding carboxylic acids is 1. The number of carbonyl (C=O) groups is 1. The number of rotatable bonds is 6. The minimum atomic E-state index is -0.153. The van der Waals surface area contributed by atoms with Gasteiger partial charge >= 0.3 is 0 Å². The molecule has 0 spiro atoms. The lowest BCUT2D eigenvalue weighted by Crippen LogP contribution is -2.19. The van der Waals surface area contributed by atoms with Crippen molar-refractivity contribution in [1.82, 2.24) is 14.8 Å². The summed E-state index contributed by atoms with van der Waals surface area (Å²) in [6, 6.07) is 23.5. The maximum atomic E-state index is 12.9. The second-order valence-corrected chi connectivity index (χ2v) is 7.92. The molecule has 3 aromatic carbocycles. The molecule has 2 heterocycles. The molecule has 5 aromatic rings. The van der Waals surface area contributed by atoms with Gasteiger partial charge in [-0.15, -0.1) is 0 Å². The molecule has 0 saturated carbocycles. The van der Waals surface area contributed by atoms with Crippen molar-refractivity contribution in [3.8, 4) is 17.0 Å². The van der Waals surface area contributed by atoms with E-state index in [1.807, 2.05) is 61.7 Å². The molecule has 1 amide bonds. The molecular weight excluding hydrogens is 412 g/mol. The fraction of sp³-hybridized carbons (Fsp3) is 0.148. The zero-order chi connectivity index (χ0) is 22.8. The number of nitrogens with one attached hydrogen (secondary N) is 1. The van der Waals surface area contributed by atoms with Crippen LogP contribution in [-0.2, 0) is 11.3 Å². The number of benzene rings is 3. The van der Waals surface area contributed by atoms with Crippen LogP contribution in [0.5, 0.6) is 5.75 Å². The Morgan fingerprint density at radius 2 is 1.73 bits per heavy atom. The van der Waals surface area contributed by atoms with Crippen molar-refractivity contribution in [3.63, 3.8) is 0 Å². The summed E-state index contributed by atoms with van der Waals surface area (Å²) >= 11 is 0. The molecule has 0 aliphatic heterocycles. The van der Waals surface area contributed by atoms with Gasteiger partial charge in [0.1, 0.15) is 18.0 Å². The number of amides is 1. The highest BCUT2D eigenvalue weighted by Crippen LogP contribution is 2.32. The summed E-state index contributed by atoms with van der Waals surface area (Å²) in [5.74, 6) is 0.621. The molecule has 1 N–H and O–H groups in total. The Balaban J connectivity index is 1.53. The highest BCUT2D eigenvalue weighted by molar-refractivity contribution is 6.08. The molecule has 0 fully saturated rings. The normalized spacial score (nSPS) is 11.1. The minimum absolute atomic E-state index is 0.0869. The third kappa shape index (κ3) is 4.15. The van der Waals surface area contributed by atoms with Gasteiger partial charge in [0, 0.05) is 28.2 Å². The zero-order valence-corrected chi connectivity index (χ0v) is 18.6. The fourth-order valence-corrected chi connectivity index (χ4v) is 3.98. The highest BCUT2D eigenvalue weighted by atomic mass is 16.5. The average Bonchev–Trinajstić information content (AvgIpc) is 3.19. The first-order valence-electron chi connectivity index (χ1n) is 11.0. The van der Waals surface area contributed by atoms with Crippen LogP contribution in [0.15, 0.2) is 79.0 Å². The lowest BCUT2D eigenvalue weighted by molar-refractivity contribution is -0.116. The van der Waals surface area contributed by atoms with E-state index in [0.717, 1.165) is 38.8 Å². The van der Waals surface area contributed by atoms with Crippen molar-refractivity contribution < 1.29 is 9.53 Å². The van der Waals surface area contributed by atoms with E-state index in [4.69, 9.17) is 9.84 Å². The van der Waals surface area contributed by atoms with Crippen LogP contribution in [0.4, 0.5) is 5.69 Å². The first-order chi connectivity index (χ1) is 16.1. The molecule has 0 bridgehead atoms. The fourth-order valence-electron chi connectivity index (χ4n) is 3.98. The second kappa shape index (κ2) is 8.74. The summed E-state index contributed by atoms with van der Waals surface area (Å²) in [6.07, 6.45) is 1.85. The van der Waals surface area contributed by atoms with Crippen LogP contribution in [0.3, 0.4) is 0 Å². The van der Waals surface area contributed by atoms with Gasteiger partial charge in [0.15, 0.2) is 0 Å². The number of aryl methyl sites for hydroxylation is 1. The lowest BCUT2D eigenvalue weighted by atomic mass is 10.1. The van der Waals surface area contributed by atoms with E-state index in [-0.39, 0.29) is 12.5 Å². The number of nitrogens with zero attached hydrogens (tertiary/aromatic N) is 3. The maximum absolute atomic E-state index is 12.9. The van der Waals surface area contributed by atoms with Crippen LogP contribution in [0, 0.1) is 6.92 Å². The summed E-state index contributed by atoms with van der Waals surface area (Å²) in [4.78, 5) is 17.6. The van der Waals surface area contributed by atoms with Gasteiger partial charge < -0.3 is 10.1 Å². The number of anilines is 1. The molecule has 33 heavy (non-hydrogen) atoms. The number of fused-ring (bicyclic) bond motifs is 3. The van der Waals surface area contributed by atoms with Gasteiger partial charge in [-0.25, -0.2) is 0 Å². The second-order valence-electron chi connectivity index (χ2n) is 7.92. The van der Waals surface area contributed by atoms with E-state index in [2.05, 4.69) is 41.5 Å². The van der Waals surface area contributed by atoms with Crippen LogP contribution in [0.2, 0.25) is 0 Å². The van der Waals surface area contributed by atoms with Gasteiger partial charge in [0.05, 0.1) is 17.6 Å². The predicted molar refractivity (Wildman–Crippen MR) is 131 cm³/mol. The SMILES string of the molecule is CCOc1ccc(NC(=O)Cn2nc(-c3ccc(C)cc3)c3cnc4ccccc4c32)cc1. The van der Waals surface area contributed by atoms with Crippen molar-refractivity contribution in [2.45, 2.75) is 20.4 Å². The Bertz CT molecular complexity index is 1440. The summed E-state index contributed by atoms with van der Waals surface area (Å²) in [5.41, 5.74) is 5.48. The topological polar surface area (TPSA) is 69.0 Å².